The number of hydrogen-bond acceptors (Lipinski definition) is 3. The molecule has 1 fully saturated rings. The first-order valence-corrected chi connectivity index (χ1v) is 9.19. The predicted octanol–water partition coefficient (Wildman–Crippen LogP) is 2.27. The topological polar surface area (TPSA) is 63.4 Å². The van der Waals surface area contributed by atoms with Gasteiger partial charge in [-0.3, -0.25) is 0 Å². The van der Waals surface area contributed by atoms with Gasteiger partial charge >= 0.3 is 0 Å². The summed E-state index contributed by atoms with van der Waals surface area (Å²) in [6.45, 7) is 4.50. The zero-order valence-corrected chi connectivity index (χ0v) is 14.1. The minimum atomic E-state index is -3.29. The molecule has 1 aromatic carbocycles. The van der Waals surface area contributed by atoms with E-state index in [9.17, 15) is 8.42 Å². The Morgan fingerprint density at radius 3 is 2.33 bits per heavy atom. The van der Waals surface area contributed by atoms with Gasteiger partial charge in [-0.25, -0.2) is 8.42 Å². The van der Waals surface area contributed by atoms with Crippen molar-refractivity contribution in [2.24, 2.45) is 11.7 Å². The zero-order chi connectivity index (χ0) is 15.6. The number of thiocarbonyl (C=S) groups is 1. The van der Waals surface area contributed by atoms with Crippen molar-refractivity contribution in [1.29, 1.82) is 0 Å². The Balaban J connectivity index is 2.12. The second-order valence-corrected chi connectivity index (χ2v) is 8.29. The summed E-state index contributed by atoms with van der Waals surface area (Å²) in [7, 11) is -3.29. The van der Waals surface area contributed by atoms with Crippen LogP contribution in [0.2, 0.25) is 0 Å². The van der Waals surface area contributed by atoms with Gasteiger partial charge in [0.2, 0.25) is 10.0 Å². The van der Waals surface area contributed by atoms with Crippen LogP contribution in [0.5, 0.6) is 0 Å². The highest BCUT2D eigenvalue weighted by molar-refractivity contribution is 7.88. The Kier molecular flexibility index (Phi) is 5.01. The van der Waals surface area contributed by atoms with Crippen molar-refractivity contribution in [3.05, 3.63) is 35.4 Å². The summed E-state index contributed by atoms with van der Waals surface area (Å²) in [6, 6.07) is 7.09. The first kappa shape index (κ1) is 16.4. The maximum Gasteiger partial charge on any atom is 0.218 e. The molecule has 4 nitrogen and oxygen atoms in total. The van der Waals surface area contributed by atoms with Gasteiger partial charge in [0.15, 0.2) is 0 Å². The van der Waals surface area contributed by atoms with E-state index in [-0.39, 0.29) is 11.8 Å². The van der Waals surface area contributed by atoms with E-state index in [0.29, 0.717) is 17.5 Å². The second kappa shape index (κ2) is 6.42. The molecule has 1 saturated carbocycles. The molecule has 0 saturated heterocycles. The molecule has 0 bridgehead atoms. The van der Waals surface area contributed by atoms with E-state index in [2.05, 4.69) is 0 Å². The molecule has 2 rings (SSSR count). The average Bonchev–Trinajstić information content (AvgIpc) is 3.19. The van der Waals surface area contributed by atoms with Gasteiger partial charge in [0.25, 0.3) is 0 Å². The predicted molar refractivity (Wildman–Crippen MR) is 89.5 cm³/mol. The molecular weight excluding hydrogens is 304 g/mol. The molecular formula is C15H22N2O2S2. The van der Waals surface area contributed by atoms with Gasteiger partial charge in [-0.15, -0.1) is 0 Å². The van der Waals surface area contributed by atoms with Gasteiger partial charge in [0, 0.05) is 18.2 Å². The van der Waals surface area contributed by atoms with Crippen LogP contribution >= 0.6 is 12.2 Å². The fourth-order valence-corrected chi connectivity index (χ4v) is 4.26. The molecule has 1 aromatic rings. The Morgan fingerprint density at radius 2 is 1.90 bits per heavy atom. The number of benzene rings is 1. The summed E-state index contributed by atoms with van der Waals surface area (Å²) >= 11 is 4.90. The summed E-state index contributed by atoms with van der Waals surface area (Å²) in [6.07, 6.45) is 2.28. The molecule has 0 radical (unpaired) electrons. The molecule has 0 amide bonds. The lowest BCUT2D eigenvalue weighted by atomic mass is 10.1. The van der Waals surface area contributed by atoms with E-state index in [1.54, 1.807) is 28.6 Å². The lowest BCUT2D eigenvalue weighted by Gasteiger charge is -2.26. The van der Waals surface area contributed by atoms with E-state index >= 15 is 0 Å². The monoisotopic (exact) mass is 326 g/mol. The molecule has 21 heavy (non-hydrogen) atoms. The van der Waals surface area contributed by atoms with Crippen LogP contribution in [0.25, 0.3) is 0 Å². The summed E-state index contributed by atoms with van der Waals surface area (Å²) < 4.78 is 26.8. The summed E-state index contributed by atoms with van der Waals surface area (Å²) in [4.78, 5) is 0.321. The normalized spacial score (nSPS) is 15.6. The molecule has 2 N–H and O–H groups in total. The Morgan fingerprint density at radius 1 is 1.33 bits per heavy atom. The maximum atomic E-state index is 12.6. The molecule has 6 heteroatoms. The summed E-state index contributed by atoms with van der Waals surface area (Å²) in [5.74, 6) is 0.564. The second-order valence-electron chi connectivity index (χ2n) is 5.92. The number of rotatable bonds is 7. The van der Waals surface area contributed by atoms with Crippen LogP contribution in [0.4, 0.5) is 0 Å². The molecule has 0 spiro atoms. The molecule has 1 aliphatic rings. The van der Waals surface area contributed by atoms with E-state index in [4.69, 9.17) is 18.0 Å². The molecule has 116 valence electrons. The fourth-order valence-electron chi connectivity index (χ4n) is 2.26. The van der Waals surface area contributed by atoms with Crippen molar-refractivity contribution in [3.63, 3.8) is 0 Å². The minimum absolute atomic E-state index is 0.00788. The molecule has 1 aliphatic carbocycles. The zero-order valence-electron chi connectivity index (χ0n) is 12.5. The van der Waals surface area contributed by atoms with E-state index in [1.807, 2.05) is 13.8 Å². The first-order chi connectivity index (χ1) is 9.79. The van der Waals surface area contributed by atoms with Gasteiger partial charge in [-0.2, -0.15) is 4.31 Å². The van der Waals surface area contributed by atoms with Gasteiger partial charge in [0.05, 0.1) is 5.75 Å². The van der Waals surface area contributed by atoms with Gasteiger partial charge < -0.3 is 5.73 Å². The third kappa shape index (κ3) is 4.49. The minimum Gasteiger partial charge on any atom is -0.389 e. The number of sulfonamides is 1. The van der Waals surface area contributed by atoms with Crippen LogP contribution in [-0.4, -0.2) is 30.3 Å². The van der Waals surface area contributed by atoms with Crippen molar-refractivity contribution in [2.45, 2.75) is 38.5 Å². The molecule has 0 aliphatic heterocycles. The molecule has 0 unspecified atom stereocenters. The molecule has 0 atom stereocenters. The van der Waals surface area contributed by atoms with Crippen molar-refractivity contribution >= 4 is 27.2 Å². The van der Waals surface area contributed by atoms with Crippen molar-refractivity contribution in [2.75, 3.05) is 6.54 Å². The van der Waals surface area contributed by atoms with Crippen LogP contribution in [0.15, 0.2) is 24.3 Å². The third-order valence-corrected chi connectivity index (χ3v) is 5.87. The highest BCUT2D eigenvalue weighted by Gasteiger charge is 2.32. The summed E-state index contributed by atoms with van der Waals surface area (Å²) in [5.41, 5.74) is 7.06. The van der Waals surface area contributed by atoms with Crippen molar-refractivity contribution < 1.29 is 8.42 Å². The highest BCUT2D eigenvalue weighted by Crippen LogP contribution is 2.31. The number of nitrogens with two attached hydrogens (primary N) is 1. The van der Waals surface area contributed by atoms with Crippen molar-refractivity contribution in [3.8, 4) is 0 Å². The van der Waals surface area contributed by atoms with E-state index in [0.717, 1.165) is 24.0 Å². The standard InChI is InChI=1S/C15H22N2O2S2/c1-11(2)17(9-12-3-4-12)21(18,19)10-13-5-7-14(8-6-13)15(16)20/h5-8,11-12H,3-4,9-10H2,1-2H3,(H2,16,20). The van der Waals surface area contributed by atoms with Gasteiger partial charge in [-0.1, -0.05) is 36.5 Å². The Labute approximate surface area is 132 Å². The summed E-state index contributed by atoms with van der Waals surface area (Å²) in [5, 5.41) is 0. The average molecular weight is 326 g/mol. The highest BCUT2D eigenvalue weighted by atomic mass is 32.2. The van der Waals surface area contributed by atoms with Crippen LogP contribution in [0.3, 0.4) is 0 Å². The van der Waals surface area contributed by atoms with E-state index < -0.39 is 10.0 Å². The SMILES string of the molecule is CC(C)N(CC1CC1)S(=O)(=O)Cc1ccc(C(N)=S)cc1. The molecule has 0 heterocycles. The van der Waals surface area contributed by atoms with Gasteiger partial charge in [0.1, 0.15) is 4.99 Å². The number of hydrogen-bond donors (Lipinski definition) is 1. The van der Waals surface area contributed by atoms with Crippen LogP contribution < -0.4 is 5.73 Å². The lowest BCUT2D eigenvalue weighted by molar-refractivity contribution is 0.341. The lowest BCUT2D eigenvalue weighted by Crippen LogP contribution is -2.39. The van der Waals surface area contributed by atoms with Crippen molar-refractivity contribution in [1.82, 2.24) is 4.31 Å². The van der Waals surface area contributed by atoms with Crippen LogP contribution in [-0.2, 0) is 15.8 Å². The molecule has 0 aromatic heterocycles. The largest absolute Gasteiger partial charge is 0.389 e. The Bertz CT molecular complexity index is 605. The van der Waals surface area contributed by atoms with E-state index in [1.165, 1.54) is 0 Å². The van der Waals surface area contributed by atoms with Crippen LogP contribution in [0, 0.1) is 5.92 Å². The van der Waals surface area contributed by atoms with Crippen LogP contribution in [0.1, 0.15) is 37.8 Å². The van der Waals surface area contributed by atoms with Gasteiger partial charge in [-0.05, 0) is 38.2 Å². The fraction of sp³-hybridized carbons (Fsp3) is 0.533. The number of nitrogens with zero attached hydrogens (tertiary/aromatic N) is 1. The maximum absolute atomic E-state index is 12.6. The quantitative estimate of drug-likeness (QED) is 0.781. The third-order valence-electron chi connectivity index (χ3n) is 3.66. The first-order valence-electron chi connectivity index (χ1n) is 7.18. The smallest absolute Gasteiger partial charge is 0.218 e. The Hall–Kier alpha value is -0.980.